The molecule has 1 heterocycles. The summed E-state index contributed by atoms with van der Waals surface area (Å²) in [6, 6.07) is 12.5. The third-order valence-electron chi connectivity index (χ3n) is 5.55. The summed E-state index contributed by atoms with van der Waals surface area (Å²) in [6.07, 6.45) is -16.8. The maximum absolute atomic E-state index is 12.8. The number of halogens is 10. The molecule has 1 aromatic heterocycles. The minimum atomic E-state index is -6.76. The summed E-state index contributed by atoms with van der Waals surface area (Å²) in [5.41, 5.74) is -3.39. The van der Waals surface area contributed by atoms with Gasteiger partial charge in [0.05, 0.1) is 6.61 Å². The molecular formula is C25H25ClF9N3O3. The molecule has 1 N–H and O–H groups in total. The minimum Gasteiger partial charge on any atom is -0.492 e. The second kappa shape index (κ2) is 13.2. The summed E-state index contributed by atoms with van der Waals surface area (Å²) in [5, 5.41) is 2.37. The number of oxazole rings is 1. The number of alkyl halides is 9. The van der Waals surface area contributed by atoms with Crippen LogP contribution in [0, 0.1) is 0 Å². The van der Waals surface area contributed by atoms with Crippen molar-refractivity contribution >= 4 is 41.3 Å². The SMILES string of the molecule is CN(C)c1ccc(/C=C/c2nc3ccc(OCCNCCOC(C(F)(F)F)(C(F)(F)F)C(F)(F)F)cc3o2)cc1.Cl. The lowest BCUT2D eigenvalue weighted by Gasteiger charge is -2.38. The van der Waals surface area contributed by atoms with E-state index in [1.54, 1.807) is 18.2 Å². The van der Waals surface area contributed by atoms with E-state index in [1.807, 2.05) is 49.3 Å². The monoisotopic (exact) mass is 621 g/mol. The van der Waals surface area contributed by atoms with Crippen LogP contribution in [0.2, 0.25) is 0 Å². The number of fused-ring (bicyclic) bond motifs is 1. The molecule has 41 heavy (non-hydrogen) atoms. The van der Waals surface area contributed by atoms with E-state index in [1.165, 1.54) is 6.07 Å². The van der Waals surface area contributed by atoms with Crippen molar-refractivity contribution in [2.24, 2.45) is 0 Å². The lowest BCUT2D eigenvalue weighted by molar-refractivity contribution is -0.457. The maximum atomic E-state index is 12.8. The molecular weight excluding hydrogens is 597 g/mol. The molecule has 3 rings (SSSR count). The van der Waals surface area contributed by atoms with Gasteiger partial charge in [-0.2, -0.15) is 39.5 Å². The van der Waals surface area contributed by atoms with E-state index in [9.17, 15) is 39.5 Å². The van der Waals surface area contributed by atoms with Crippen LogP contribution in [0.3, 0.4) is 0 Å². The maximum Gasteiger partial charge on any atom is 0.435 e. The molecule has 0 bridgehead atoms. The van der Waals surface area contributed by atoms with Gasteiger partial charge in [0.15, 0.2) is 5.58 Å². The standard InChI is InChI=1S/C25H24F9N3O3.ClH/c1-37(2)17-6-3-16(4-7-17)5-10-21-36-19-9-8-18(15-20(19)40-21)38-13-11-35-12-14-39-22(23(26,27)28,24(29,30)31)25(32,33)34;/h3-10,15,35H,11-14H2,1-2H3;1H/b10-5+;. The summed E-state index contributed by atoms with van der Waals surface area (Å²) in [6.45, 7) is -2.48. The molecule has 0 unspecified atom stereocenters. The normalized spacial score (nSPS) is 13.0. The van der Waals surface area contributed by atoms with Gasteiger partial charge in [-0.15, -0.1) is 12.4 Å². The van der Waals surface area contributed by atoms with Gasteiger partial charge in [0.1, 0.15) is 17.9 Å². The number of hydrogen-bond acceptors (Lipinski definition) is 6. The number of benzene rings is 2. The largest absolute Gasteiger partial charge is 0.492 e. The van der Waals surface area contributed by atoms with Crippen molar-refractivity contribution < 1.29 is 53.4 Å². The van der Waals surface area contributed by atoms with Gasteiger partial charge in [0, 0.05) is 45.0 Å². The molecule has 0 atom stereocenters. The molecule has 228 valence electrons. The summed E-state index contributed by atoms with van der Waals surface area (Å²) in [4.78, 5) is 6.30. The number of nitrogens with one attached hydrogen (secondary N) is 1. The van der Waals surface area contributed by atoms with E-state index < -0.39 is 37.3 Å². The third kappa shape index (κ3) is 7.98. The second-order valence-corrected chi connectivity index (χ2v) is 8.62. The molecule has 0 aliphatic carbocycles. The summed E-state index contributed by atoms with van der Waals surface area (Å²) in [5.74, 6) is 0.653. The van der Waals surface area contributed by atoms with E-state index >= 15 is 0 Å². The fraction of sp³-hybridized carbons (Fsp3) is 0.400. The van der Waals surface area contributed by atoms with Crippen molar-refractivity contribution in [1.29, 1.82) is 0 Å². The Morgan fingerprint density at radius 3 is 1.98 bits per heavy atom. The smallest absolute Gasteiger partial charge is 0.435 e. The first-order valence-corrected chi connectivity index (χ1v) is 11.6. The average Bonchev–Trinajstić information content (AvgIpc) is 3.24. The quantitative estimate of drug-likeness (QED) is 0.186. The van der Waals surface area contributed by atoms with Crippen molar-refractivity contribution in [1.82, 2.24) is 10.3 Å². The van der Waals surface area contributed by atoms with E-state index in [-0.39, 0.29) is 25.6 Å². The van der Waals surface area contributed by atoms with Crippen LogP contribution >= 0.6 is 12.4 Å². The topological polar surface area (TPSA) is 59.8 Å². The van der Waals surface area contributed by atoms with Crippen LogP contribution in [0.1, 0.15) is 11.5 Å². The van der Waals surface area contributed by atoms with E-state index in [4.69, 9.17) is 9.15 Å². The van der Waals surface area contributed by atoms with Gasteiger partial charge in [-0.1, -0.05) is 12.1 Å². The zero-order valence-electron chi connectivity index (χ0n) is 21.5. The summed E-state index contributed by atoms with van der Waals surface area (Å²) in [7, 11) is 3.86. The van der Waals surface area contributed by atoms with Gasteiger partial charge in [-0.05, 0) is 35.9 Å². The highest BCUT2D eigenvalue weighted by molar-refractivity contribution is 5.85. The zero-order valence-corrected chi connectivity index (χ0v) is 22.3. The highest BCUT2D eigenvalue weighted by Gasteiger charge is 2.85. The highest BCUT2D eigenvalue weighted by atomic mass is 35.5. The van der Waals surface area contributed by atoms with Gasteiger partial charge in [-0.25, -0.2) is 4.98 Å². The summed E-state index contributed by atoms with van der Waals surface area (Å²) >= 11 is 0. The molecule has 0 spiro atoms. The first-order chi connectivity index (χ1) is 18.5. The molecule has 0 radical (unpaired) electrons. The van der Waals surface area contributed by atoms with Crippen LogP contribution in [0.15, 0.2) is 46.9 Å². The van der Waals surface area contributed by atoms with Crippen molar-refractivity contribution in [3.63, 3.8) is 0 Å². The van der Waals surface area contributed by atoms with Gasteiger partial charge in [0.2, 0.25) is 5.89 Å². The van der Waals surface area contributed by atoms with Crippen molar-refractivity contribution in [3.8, 4) is 5.75 Å². The Labute approximate surface area is 234 Å². The van der Waals surface area contributed by atoms with Gasteiger partial charge >= 0.3 is 24.1 Å². The number of rotatable bonds is 11. The second-order valence-electron chi connectivity index (χ2n) is 8.62. The number of ether oxygens (including phenoxy) is 2. The molecule has 0 saturated carbocycles. The third-order valence-corrected chi connectivity index (χ3v) is 5.55. The minimum absolute atomic E-state index is 0. The molecule has 2 aromatic carbocycles. The molecule has 6 nitrogen and oxygen atoms in total. The van der Waals surface area contributed by atoms with Crippen LogP contribution in [0.4, 0.5) is 45.2 Å². The Bertz CT molecular complexity index is 1250. The molecule has 16 heteroatoms. The fourth-order valence-corrected chi connectivity index (χ4v) is 3.50. The van der Waals surface area contributed by atoms with Gasteiger partial charge in [-0.3, -0.25) is 0 Å². The Kier molecular flexibility index (Phi) is 11.0. The Morgan fingerprint density at radius 2 is 1.41 bits per heavy atom. The van der Waals surface area contributed by atoms with Crippen LogP contribution in [0.5, 0.6) is 5.75 Å². The molecule has 0 aliphatic heterocycles. The number of hydrogen-bond donors (Lipinski definition) is 1. The van der Waals surface area contributed by atoms with E-state index in [2.05, 4.69) is 15.0 Å². The lowest BCUT2D eigenvalue weighted by Crippen LogP contribution is -2.68. The Balaban J connectivity index is 0.00000588. The van der Waals surface area contributed by atoms with E-state index in [0.29, 0.717) is 22.7 Å². The van der Waals surface area contributed by atoms with Crippen LogP contribution in [0.25, 0.3) is 23.3 Å². The molecule has 0 amide bonds. The van der Waals surface area contributed by atoms with Crippen LogP contribution in [-0.4, -0.2) is 69.5 Å². The molecule has 0 aliphatic rings. The first kappa shape index (κ1) is 34.0. The van der Waals surface area contributed by atoms with Crippen molar-refractivity contribution in [3.05, 3.63) is 53.9 Å². The van der Waals surface area contributed by atoms with Gasteiger partial charge < -0.3 is 24.1 Å². The molecule has 0 fully saturated rings. The number of aromatic nitrogens is 1. The Morgan fingerprint density at radius 1 is 0.829 bits per heavy atom. The van der Waals surface area contributed by atoms with Crippen LogP contribution < -0.4 is 15.0 Å². The predicted octanol–water partition coefficient (Wildman–Crippen LogP) is 6.90. The van der Waals surface area contributed by atoms with E-state index in [0.717, 1.165) is 11.3 Å². The summed E-state index contributed by atoms with van der Waals surface area (Å²) < 4.78 is 130. The zero-order chi connectivity index (χ0) is 29.8. The predicted molar refractivity (Wildman–Crippen MR) is 136 cm³/mol. The van der Waals surface area contributed by atoms with Gasteiger partial charge in [0.25, 0.3) is 0 Å². The lowest BCUT2D eigenvalue weighted by atomic mass is 10.0. The van der Waals surface area contributed by atoms with Crippen LogP contribution in [-0.2, 0) is 4.74 Å². The number of nitrogens with zero attached hydrogens (tertiary/aromatic N) is 2. The fourth-order valence-electron chi connectivity index (χ4n) is 3.50. The first-order valence-electron chi connectivity index (χ1n) is 11.6. The highest BCUT2D eigenvalue weighted by Crippen LogP contribution is 2.54. The molecule has 0 saturated heterocycles. The average molecular weight is 622 g/mol. The van der Waals surface area contributed by atoms with Crippen molar-refractivity contribution in [2.75, 3.05) is 45.3 Å². The van der Waals surface area contributed by atoms with Crippen molar-refractivity contribution in [2.45, 2.75) is 24.1 Å². The number of anilines is 1. The molecule has 3 aromatic rings. The Hall–Kier alpha value is -3.17.